The van der Waals surface area contributed by atoms with Gasteiger partial charge in [0.05, 0.1) is 0 Å². The summed E-state index contributed by atoms with van der Waals surface area (Å²) in [7, 11) is 0. The number of rotatable bonds is 0. The average Bonchev–Trinajstić information content (AvgIpc) is 2.74. The number of fused-ring (bicyclic) bond motifs is 5. The van der Waals surface area contributed by atoms with Gasteiger partial charge in [0.25, 0.3) is 0 Å². The molecular weight excluding hydrogens is 247 g/mol. The van der Waals surface area contributed by atoms with Crippen LogP contribution in [0, 0.1) is 28.6 Å². The molecule has 0 N–H and O–H groups in total. The molecule has 0 amide bonds. The highest BCUT2D eigenvalue weighted by atomic mass is 19.1. The van der Waals surface area contributed by atoms with Crippen LogP contribution in [0.2, 0.25) is 0 Å². The minimum atomic E-state index is -0.530. The molecule has 6 atom stereocenters. The zero-order valence-corrected chi connectivity index (χ0v) is 13.1. The Hall–Kier alpha value is -0.330. The van der Waals surface area contributed by atoms with Crippen LogP contribution in [0.15, 0.2) is 11.6 Å². The molecule has 4 aliphatic rings. The van der Waals surface area contributed by atoms with Crippen LogP contribution in [0.4, 0.5) is 4.39 Å². The van der Waals surface area contributed by atoms with Gasteiger partial charge in [-0.1, -0.05) is 31.9 Å². The molecule has 0 aromatic rings. The fourth-order valence-corrected chi connectivity index (χ4v) is 6.63. The van der Waals surface area contributed by atoms with Gasteiger partial charge in [0.2, 0.25) is 0 Å². The molecule has 4 aliphatic carbocycles. The van der Waals surface area contributed by atoms with E-state index in [-0.39, 0.29) is 5.41 Å². The summed E-state index contributed by atoms with van der Waals surface area (Å²) < 4.78 is 14.4. The van der Waals surface area contributed by atoms with Crippen LogP contribution in [-0.4, -0.2) is 6.17 Å². The Kier molecular flexibility index (Phi) is 2.89. The number of hydrogen-bond donors (Lipinski definition) is 0. The Morgan fingerprint density at radius 1 is 1.05 bits per heavy atom. The topological polar surface area (TPSA) is 0 Å². The van der Waals surface area contributed by atoms with Gasteiger partial charge in [0.15, 0.2) is 0 Å². The van der Waals surface area contributed by atoms with E-state index in [1.165, 1.54) is 38.5 Å². The average molecular weight is 276 g/mol. The number of alkyl halides is 1. The highest BCUT2D eigenvalue weighted by molar-refractivity contribution is 5.24. The van der Waals surface area contributed by atoms with Crippen molar-refractivity contribution in [3.63, 3.8) is 0 Å². The lowest BCUT2D eigenvalue weighted by Gasteiger charge is -2.57. The minimum absolute atomic E-state index is 0.0114. The first-order valence-electron chi connectivity index (χ1n) is 8.89. The minimum Gasteiger partial charge on any atom is -0.247 e. The molecule has 0 spiro atoms. The molecule has 0 bridgehead atoms. The second-order valence-corrected chi connectivity index (χ2v) is 8.56. The zero-order valence-electron chi connectivity index (χ0n) is 13.1. The second-order valence-electron chi connectivity index (χ2n) is 8.56. The summed E-state index contributed by atoms with van der Waals surface area (Å²) in [5.74, 6) is 2.29. The van der Waals surface area contributed by atoms with Gasteiger partial charge < -0.3 is 0 Å². The maximum atomic E-state index is 14.4. The maximum Gasteiger partial charge on any atom is 0.106 e. The van der Waals surface area contributed by atoms with E-state index in [4.69, 9.17) is 0 Å². The first kappa shape index (κ1) is 13.3. The van der Waals surface area contributed by atoms with Gasteiger partial charge in [-0.05, 0) is 74.5 Å². The van der Waals surface area contributed by atoms with E-state index in [0.717, 1.165) is 31.1 Å². The van der Waals surface area contributed by atoms with E-state index in [9.17, 15) is 4.39 Å². The van der Waals surface area contributed by atoms with Gasteiger partial charge >= 0.3 is 0 Å². The van der Waals surface area contributed by atoms with E-state index in [2.05, 4.69) is 19.9 Å². The van der Waals surface area contributed by atoms with Gasteiger partial charge in [0.1, 0.15) is 6.17 Å². The highest BCUT2D eigenvalue weighted by Crippen LogP contribution is 2.65. The summed E-state index contributed by atoms with van der Waals surface area (Å²) in [6.45, 7) is 4.80. The quantitative estimate of drug-likeness (QED) is 0.499. The molecule has 0 aliphatic heterocycles. The van der Waals surface area contributed by atoms with Crippen molar-refractivity contribution < 1.29 is 4.39 Å². The van der Waals surface area contributed by atoms with Gasteiger partial charge in [-0.2, -0.15) is 0 Å². The third-order valence-electron chi connectivity index (χ3n) is 7.90. The Balaban J connectivity index is 1.69. The molecular formula is C19H29F. The molecule has 0 radical (unpaired) electrons. The smallest absolute Gasteiger partial charge is 0.106 e. The van der Waals surface area contributed by atoms with E-state index in [1.54, 1.807) is 5.57 Å². The Morgan fingerprint density at radius 3 is 2.75 bits per heavy atom. The third kappa shape index (κ3) is 1.58. The molecule has 3 saturated carbocycles. The summed E-state index contributed by atoms with van der Waals surface area (Å²) >= 11 is 0. The molecule has 20 heavy (non-hydrogen) atoms. The molecule has 1 heteroatoms. The predicted molar refractivity (Wildman–Crippen MR) is 81.2 cm³/mol. The van der Waals surface area contributed by atoms with Crippen LogP contribution >= 0.6 is 0 Å². The van der Waals surface area contributed by atoms with Crippen molar-refractivity contribution >= 4 is 0 Å². The van der Waals surface area contributed by atoms with E-state index in [1.807, 2.05) is 0 Å². The van der Waals surface area contributed by atoms with Crippen LogP contribution in [0.1, 0.15) is 71.6 Å². The summed E-state index contributed by atoms with van der Waals surface area (Å²) in [5, 5.41) is 0. The van der Waals surface area contributed by atoms with Gasteiger partial charge in [-0.25, -0.2) is 4.39 Å². The van der Waals surface area contributed by atoms with Crippen molar-refractivity contribution in [2.75, 3.05) is 0 Å². The molecule has 0 aromatic carbocycles. The van der Waals surface area contributed by atoms with E-state index in [0.29, 0.717) is 11.3 Å². The number of allylic oxidation sites excluding steroid dienone is 2. The SMILES string of the molecule is C[C@]12CCCCC1=CC[C@@H]1[C@H]2CC[C@]2(C)C(F)CC[C@@H]12. The molecule has 0 aromatic heterocycles. The predicted octanol–water partition coefficient (Wildman–Crippen LogP) is 5.68. The van der Waals surface area contributed by atoms with Gasteiger partial charge in [-0.15, -0.1) is 0 Å². The number of hydrogen-bond acceptors (Lipinski definition) is 0. The largest absolute Gasteiger partial charge is 0.247 e. The molecule has 4 rings (SSSR count). The normalized spacial score (nSPS) is 54.6. The fraction of sp³-hybridized carbons (Fsp3) is 0.895. The third-order valence-corrected chi connectivity index (χ3v) is 7.90. The Bertz CT molecular complexity index is 439. The van der Waals surface area contributed by atoms with Crippen LogP contribution in [-0.2, 0) is 0 Å². The van der Waals surface area contributed by atoms with Crippen molar-refractivity contribution in [1.29, 1.82) is 0 Å². The van der Waals surface area contributed by atoms with Crippen molar-refractivity contribution in [2.45, 2.75) is 77.8 Å². The van der Waals surface area contributed by atoms with E-state index >= 15 is 0 Å². The summed E-state index contributed by atoms with van der Waals surface area (Å²) in [5.41, 5.74) is 2.25. The first-order valence-corrected chi connectivity index (χ1v) is 8.89. The van der Waals surface area contributed by atoms with Gasteiger partial charge in [0, 0.05) is 5.41 Å². The summed E-state index contributed by atoms with van der Waals surface area (Å²) in [4.78, 5) is 0. The molecule has 0 saturated heterocycles. The van der Waals surface area contributed by atoms with Crippen molar-refractivity contribution in [2.24, 2.45) is 28.6 Å². The van der Waals surface area contributed by atoms with Crippen molar-refractivity contribution in [1.82, 2.24) is 0 Å². The van der Waals surface area contributed by atoms with Crippen molar-refractivity contribution in [3.8, 4) is 0 Å². The maximum absolute atomic E-state index is 14.4. The molecule has 0 heterocycles. The molecule has 3 fully saturated rings. The molecule has 1 unspecified atom stereocenters. The van der Waals surface area contributed by atoms with Gasteiger partial charge in [-0.3, -0.25) is 0 Å². The lowest BCUT2D eigenvalue weighted by atomic mass is 9.48. The standard InChI is InChI=1S/C19H29F/c1-18-11-4-3-5-13(18)6-7-14-15-8-9-17(20)19(15,2)12-10-16(14)18/h6,14-17H,3-5,7-12H2,1-2H3/t14-,15-,16+,17?,18-,19-/m0/s1. The van der Waals surface area contributed by atoms with Crippen LogP contribution in [0.5, 0.6) is 0 Å². The van der Waals surface area contributed by atoms with Crippen LogP contribution in [0.25, 0.3) is 0 Å². The lowest BCUT2D eigenvalue weighted by Crippen LogP contribution is -2.49. The number of halogens is 1. The Labute approximate surface area is 123 Å². The van der Waals surface area contributed by atoms with E-state index < -0.39 is 6.17 Å². The van der Waals surface area contributed by atoms with Crippen LogP contribution in [0.3, 0.4) is 0 Å². The Morgan fingerprint density at radius 2 is 1.90 bits per heavy atom. The summed E-state index contributed by atoms with van der Waals surface area (Å²) in [6.07, 6.45) is 13.2. The summed E-state index contributed by atoms with van der Waals surface area (Å²) in [6, 6.07) is 0. The van der Waals surface area contributed by atoms with Crippen LogP contribution < -0.4 is 0 Å². The lowest BCUT2D eigenvalue weighted by molar-refractivity contribution is -0.0468. The van der Waals surface area contributed by atoms with Crippen molar-refractivity contribution in [3.05, 3.63) is 11.6 Å². The zero-order chi connectivity index (χ0) is 14.0. The first-order chi connectivity index (χ1) is 9.56. The molecule has 112 valence electrons. The monoisotopic (exact) mass is 276 g/mol. The highest BCUT2D eigenvalue weighted by Gasteiger charge is 2.58. The molecule has 0 nitrogen and oxygen atoms in total. The fourth-order valence-electron chi connectivity index (χ4n) is 6.63. The second kappa shape index (κ2) is 4.34.